The average Bonchev–Trinajstić information content (AvgIpc) is 3.34. The van der Waals surface area contributed by atoms with E-state index in [0.29, 0.717) is 16.4 Å². The lowest BCUT2D eigenvalue weighted by Gasteiger charge is -2.25. The summed E-state index contributed by atoms with van der Waals surface area (Å²) in [5, 5.41) is 15.1. The zero-order valence-electron chi connectivity index (χ0n) is 15.8. The lowest BCUT2D eigenvalue weighted by Crippen LogP contribution is -2.30. The first-order valence-electron chi connectivity index (χ1n) is 9.41. The molecular formula is C21H20N4O3S. The summed E-state index contributed by atoms with van der Waals surface area (Å²) >= 11 is 5.58. The van der Waals surface area contributed by atoms with Crippen LogP contribution in [0.25, 0.3) is 11.3 Å². The molecule has 2 atom stereocenters. The summed E-state index contributed by atoms with van der Waals surface area (Å²) in [5.41, 5.74) is 1.57. The maximum absolute atomic E-state index is 11.1. The summed E-state index contributed by atoms with van der Waals surface area (Å²) in [6, 6.07) is 15.7. The third-order valence-corrected chi connectivity index (χ3v) is 5.27. The van der Waals surface area contributed by atoms with E-state index in [1.807, 2.05) is 30.3 Å². The van der Waals surface area contributed by atoms with Crippen molar-refractivity contribution in [2.45, 2.75) is 25.4 Å². The molecule has 0 unspecified atom stereocenters. The largest absolute Gasteiger partial charge is 0.459 e. The van der Waals surface area contributed by atoms with Gasteiger partial charge >= 0.3 is 0 Å². The Morgan fingerprint density at radius 2 is 2.10 bits per heavy atom. The fourth-order valence-corrected chi connectivity index (χ4v) is 3.97. The standard InChI is InChI=1S/C21H20N4O3S/c1-2-12-24-20(19(23-21(24)29)16-8-3-4-11-22-16)18-10-9-17(28-18)14-6-5-7-15(13-14)25(26)27/h3-11,13,19-20H,2,12H2,1H3,(H,23,29)/t19-,20-/m0/s1. The molecule has 8 heteroatoms. The normalized spacial score (nSPS) is 18.7. The van der Waals surface area contributed by atoms with Crippen molar-refractivity contribution < 1.29 is 9.34 Å². The quantitative estimate of drug-likeness (QED) is 0.361. The van der Waals surface area contributed by atoms with Crippen molar-refractivity contribution in [3.63, 3.8) is 0 Å². The lowest BCUT2D eigenvalue weighted by molar-refractivity contribution is -0.384. The predicted octanol–water partition coefficient (Wildman–Crippen LogP) is 4.63. The molecule has 1 aromatic carbocycles. The van der Waals surface area contributed by atoms with Gasteiger partial charge in [-0.05, 0) is 42.9 Å². The van der Waals surface area contributed by atoms with Crippen LogP contribution in [0, 0.1) is 10.1 Å². The molecule has 7 nitrogen and oxygen atoms in total. The van der Waals surface area contributed by atoms with Crippen LogP contribution in [-0.2, 0) is 0 Å². The maximum atomic E-state index is 11.1. The Bertz CT molecular complexity index is 1040. The Labute approximate surface area is 173 Å². The summed E-state index contributed by atoms with van der Waals surface area (Å²) in [5.74, 6) is 1.32. The van der Waals surface area contributed by atoms with Crippen LogP contribution < -0.4 is 5.32 Å². The smallest absolute Gasteiger partial charge is 0.270 e. The SMILES string of the molecule is CCCN1C(=S)N[C@@H](c2ccccn2)[C@@H]1c1ccc(-c2cccc([N+](=O)[O-])c2)o1. The molecule has 4 rings (SSSR count). The number of nitrogens with zero attached hydrogens (tertiary/aromatic N) is 3. The minimum Gasteiger partial charge on any atom is -0.459 e. The molecule has 1 saturated heterocycles. The minimum absolute atomic E-state index is 0.0307. The van der Waals surface area contributed by atoms with Gasteiger partial charge in [0.2, 0.25) is 0 Å². The van der Waals surface area contributed by atoms with Gasteiger partial charge in [0.05, 0.1) is 16.7 Å². The number of pyridine rings is 1. The average molecular weight is 408 g/mol. The number of nitro groups is 1. The van der Waals surface area contributed by atoms with Crippen LogP contribution in [-0.4, -0.2) is 26.5 Å². The monoisotopic (exact) mass is 408 g/mol. The van der Waals surface area contributed by atoms with E-state index < -0.39 is 4.92 Å². The molecular weight excluding hydrogens is 388 g/mol. The van der Waals surface area contributed by atoms with E-state index in [-0.39, 0.29) is 17.8 Å². The molecule has 1 N–H and O–H groups in total. The van der Waals surface area contributed by atoms with Crippen LogP contribution in [0.3, 0.4) is 0 Å². The van der Waals surface area contributed by atoms with Crippen molar-refractivity contribution in [1.29, 1.82) is 0 Å². The Hall–Kier alpha value is -3.26. The number of hydrogen-bond acceptors (Lipinski definition) is 5. The fraction of sp³-hybridized carbons (Fsp3) is 0.238. The molecule has 3 heterocycles. The minimum atomic E-state index is -0.410. The van der Waals surface area contributed by atoms with Crippen molar-refractivity contribution in [2.75, 3.05) is 6.54 Å². The number of rotatable bonds is 6. The number of thiocarbonyl (C=S) groups is 1. The van der Waals surface area contributed by atoms with Gasteiger partial charge in [0.15, 0.2) is 5.11 Å². The second-order valence-corrected chi connectivity index (χ2v) is 7.22. The zero-order chi connectivity index (χ0) is 20.4. The molecule has 29 heavy (non-hydrogen) atoms. The Morgan fingerprint density at radius 3 is 2.83 bits per heavy atom. The lowest BCUT2D eigenvalue weighted by atomic mass is 10.0. The van der Waals surface area contributed by atoms with Crippen LogP contribution in [0.1, 0.15) is 36.9 Å². The first kappa shape index (κ1) is 19.1. The van der Waals surface area contributed by atoms with Crippen LogP contribution >= 0.6 is 12.2 Å². The highest BCUT2D eigenvalue weighted by molar-refractivity contribution is 7.80. The number of benzene rings is 1. The van der Waals surface area contributed by atoms with Gasteiger partial charge in [-0.1, -0.05) is 25.1 Å². The molecule has 3 aromatic rings. The van der Waals surface area contributed by atoms with E-state index in [4.69, 9.17) is 16.6 Å². The van der Waals surface area contributed by atoms with E-state index >= 15 is 0 Å². The Balaban J connectivity index is 1.72. The van der Waals surface area contributed by atoms with E-state index in [9.17, 15) is 10.1 Å². The van der Waals surface area contributed by atoms with Gasteiger partial charge in [-0.3, -0.25) is 15.1 Å². The van der Waals surface area contributed by atoms with Crippen molar-refractivity contribution >= 4 is 23.0 Å². The van der Waals surface area contributed by atoms with Crippen LogP contribution in [0.2, 0.25) is 0 Å². The Kier molecular flexibility index (Phi) is 5.26. The van der Waals surface area contributed by atoms with Crippen molar-refractivity contribution in [3.05, 3.63) is 82.4 Å². The van der Waals surface area contributed by atoms with E-state index in [1.54, 1.807) is 18.3 Å². The number of furan rings is 1. The molecule has 0 spiro atoms. The number of nitrogens with one attached hydrogen (secondary N) is 1. The fourth-order valence-electron chi connectivity index (χ4n) is 3.64. The van der Waals surface area contributed by atoms with Crippen LogP contribution in [0.4, 0.5) is 5.69 Å². The maximum Gasteiger partial charge on any atom is 0.270 e. The summed E-state index contributed by atoms with van der Waals surface area (Å²) in [6.45, 7) is 2.89. The number of aromatic nitrogens is 1. The summed E-state index contributed by atoms with van der Waals surface area (Å²) in [4.78, 5) is 17.3. The van der Waals surface area contributed by atoms with Gasteiger partial charge in [0.1, 0.15) is 17.6 Å². The molecule has 0 bridgehead atoms. The highest BCUT2D eigenvalue weighted by atomic mass is 32.1. The zero-order valence-corrected chi connectivity index (χ0v) is 16.6. The molecule has 148 valence electrons. The van der Waals surface area contributed by atoms with E-state index in [0.717, 1.165) is 24.4 Å². The summed E-state index contributed by atoms with van der Waals surface area (Å²) in [6.07, 6.45) is 2.70. The summed E-state index contributed by atoms with van der Waals surface area (Å²) in [7, 11) is 0. The van der Waals surface area contributed by atoms with Crippen molar-refractivity contribution in [3.8, 4) is 11.3 Å². The molecule has 2 aromatic heterocycles. The topological polar surface area (TPSA) is 84.4 Å². The molecule has 0 radical (unpaired) electrons. The number of nitro benzene ring substituents is 1. The summed E-state index contributed by atoms with van der Waals surface area (Å²) < 4.78 is 6.17. The van der Waals surface area contributed by atoms with Gasteiger partial charge in [-0.25, -0.2) is 0 Å². The van der Waals surface area contributed by atoms with Gasteiger partial charge in [-0.15, -0.1) is 0 Å². The second-order valence-electron chi connectivity index (χ2n) is 6.83. The van der Waals surface area contributed by atoms with E-state index in [1.165, 1.54) is 12.1 Å². The molecule has 1 aliphatic heterocycles. The number of hydrogen-bond donors (Lipinski definition) is 1. The van der Waals surface area contributed by atoms with Gasteiger partial charge < -0.3 is 14.6 Å². The first-order chi connectivity index (χ1) is 14.1. The highest BCUT2D eigenvalue weighted by Gasteiger charge is 2.41. The van der Waals surface area contributed by atoms with Gasteiger partial charge in [0, 0.05) is 30.4 Å². The van der Waals surface area contributed by atoms with Gasteiger partial charge in [-0.2, -0.15) is 0 Å². The van der Waals surface area contributed by atoms with Gasteiger partial charge in [0.25, 0.3) is 5.69 Å². The predicted molar refractivity (Wildman–Crippen MR) is 113 cm³/mol. The molecule has 0 saturated carbocycles. The molecule has 0 aliphatic carbocycles. The third-order valence-electron chi connectivity index (χ3n) is 4.92. The van der Waals surface area contributed by atoms with Crippen LogP contribution in [0.15, 0.2) is 65.2 Å². The van der Waals surface area contributed by atoms with Crippen LogP contribution in [0.5, 0.6) is 0 Å². The highest BCUT2D eigenvalue weighted by Crippen LogP contribution is 2.40. The molecule has 0 amide bonds. The first-order valence-corrected chi connectivity index (χ1v) is 9.82. The molecule has 1 fully saturated rings. The number of non-ortho nitro benzene ring substituents is 1. The van der Waals surface area contributed by atoms with E-state index in [2.05, 4.69) is 22.1 Å². The molecule has 1 aliphatic rings. The third kappa shape index (κ3) is 3.71. The van der Waals surface area contributed by atoms with Crippen molar-refractivity contribution in [2.24, 2.45) is 0 Å². The second kappa shape index (κ2) is 8.00. The Morgan fingerprint density at radius 1 is 1.24 bits per heavy atom. The van der Waals surface area contributed by atoms with Crippen molar-refractivity contribution in [1.82, 2.24) is 15.2 Å².